The average Bonchev–Trinajstić information content (AvgIpc) is 3.10. The van der Waals surface area contributed by atoms with E-state index >= 15 is 0 Å². The van der Waals surface area contributed by atoms with Gasteiger partial charge in [-0.15, -0.1) is 0 Å². The second-order valence-electron chi connectivity index (χ2n) is 7.12. The van der Waals surface area contributed by atoms with Gasteiger partial charge in [0.2, 0.25) is 0 Å². The van der Waals surface area contributed by atoms with Crippen LogP contribution >= 0.6 is 19.2 Å². The first kappa shape index (κ1) is 21.9. The van der Waals surface area contributed by atoms with Gasteiger partial charge in [-0.05, 0) is 43.7 Å². The zero-order valence-electron chi connectivity index (χ0n) is 17.6. The van der Waals surface area contributed by atoms with Gasteiger partial charge in [-0.3, -0.25) is 4.57 Å². The summed E-state index contributed by atoms with van der Waals surface area (Å²) in [6, 6.07) is 25.8. The van der Waals surface area contributed by atoms with Gasteiger partial charge in [0.05, 0.1) is 13.2 Å². The van der Waals surface area contributed by atoms with Crippen molar-refractivity contribution >= 4 is 35.4 Å². The molecule has 0 aliphatic heterocycles. The summed E-state index contributed by atoms with van der Waals surface area (Å²) in [6.45, 7) is 4.22. The lowest BCUT2D eigenvalue weighted by Crippen LogP contribution is -2.21. The molecule has 3 aromatic carbocycles. The Bertz CT molecular complexity index is 1210. The molecule has 4 nitrogen and oxygen atoms in total. The van der Waals surface area contributed by atoms with E-state index in [2.05, 4.69) is 18.2 Å². The largest absolute Gasteiger partial charge is 0.378 e. The van der Waals surface area contributed by atoms with Gasteiger partial charge in [0.1, 0.15) is 5.44 Å². The summed E-state index contributed by atoms with van der Waals surface area (Å²) in [7, 11) is -3.59. The van der Waals surface area contributed by atoms with Gasteiger partial charge in [-0.25, -0.2) is 0 Å². The number of hydrogen-bond donors (Lipinski definition) is 0. The maximum atomic E-state index is 14.1. The van der Waals surface area contributed by atoms with Gasteiger partial charge >= 0.3 is 7.60 Å². The highest BCUT2D eigenvalue weighted by molar-refractivity contribution is 7.62. The number of hydrogen-bond acceptors (Lipinski definition) is 3. The lowest BCUT2D eigenvalue weighted by Gasteiger charge is -2.21. The minimum absolute atomic E-state index is 0.283. The van der Waals surface area contributed by atoms with E-state index < -0.39 is 7.60 Å². The predicted molar refractivity (Wildman–Crippen MR) is 128 cm³/mol. The first-order valence-corrected chi connectivity index (χ1v) is 12.3. The van der Waals surface area contributed by atoms with Crippen molar-refractivity contribution in [3.63, 3.8) is 0 Å². The number of rotatable bonds is 8. The standard InChI is InChI=1S/C25H25ClNO3P/c1-3-29-31(28,30-4-2)25-23-13-9-8-12-22(23)24(18-19-10-6-5-7-11-19)27(25)21-16-14-20(26)15-17-21/h5-17H,3-4,18H2,1-2H3. The normalized spacial score (nSPS) is 11.8. The Labute approximate surface area is 187 Å². The van der Waals surface area contributed by atoms with E-state index in [0.717, 1.165) is 27.7 Å². The fraction of sp³-hybridized carbons (Fsp3) is 0.200. The van der Waals surface area contributed by atoms with Gasteiger partial charge in [-0.1, -0.05) is 66.2 Å². The highest BCUT2D eigenvalue weighted by atomic mass is 35.5. The second-order valence-corrected chi connectivity index (χ2v) is 9.49. The zero-order valence-corrected chi connectivity index (χ0v) is 19.3. The van der Waals surface area contributed by atoms with E-state index in [1.54, 1.807) is 0 Å². The highest BCUT2D eigenvalue weighted by Crippen LogP contribution is 2.50. The third-order valence-corrected chi connectivity index (χ3v) is 7.53. The minimum Gasteiger partial charge on any atom is -0.306 e. The van der Waals surface area contributed by atoms with E-state index in [1.807, 2.05) is 79.1 Å². The SMILES string of the molecule is CCOP(=O)(OCC)c1c2ccccc2c(Cc2ccccc2)n1-c1ccc(Cl)cc1. The maximum absolute atomic E-state index is 14.1. The summed E-state index contributed by atoms with van der Waals surface area (Å²) >= 11 is 6.16. The van der Waals surface area contributed by atoms with Crippen LogP contribution in [-0.2, 0) is 20.0 Å². The van der Waals surface area contributed by atoms with E-state index in [0.29, 0.717) is 16.9 Å². The van der Waals surface area contributed by atoms with Gasteiger partial charge in [0.15, 0.2) is 0 Å². The van der Waals surface area contributed by atoms with Crippen LogP contribution in [0.25, 0.3) is 16.5 Å². The number of aromatic nitrogens is 1. The third kappa shape index (κ3) is 4.35. The number of benzene rings is 3. The molecule has 0 amide bonds. The Morgan fingerprint density at radius 3 is 2.00 bits per heavy atom. The third-order valence-electron chi connectivity index (χ3n) is 5.12. The topological polar surface area (TPSA) is 40.5 Å². The van der Waals surface area contributed by atoms with Crippen LogP contribution in [0.3, 0.4) is 0 Å². The molecule has 1 aromatic heterocycles. The summed E-state index contributed by atoms with van der Waals surface area (Å²) in [4.78, 5) is 0. The molecule has 0 spiro atoms. The van der Waals surface area contributed by atoms with Crippen molar-refractivity contribution in [2.75, 3.05) is 13.2 Å². The van der Waals surface area contributed by atoms with Crippen LogP contribution in [-0.4, -0.2) is 17.8 Å². The van der Waals surface area contributed by atoms with Crippen molar-refractivity contribution < 1.29 is 13.6 Å². The van der Waals surface area contributed by atoms with E-state index in [-0.39, 0.29) is 13.2 Å². The smallest absolute Gasteiger partial charge is 0.306 e. The molecular formula is C25H25ClNO3P. The fourth-order valence-electron chi connectivity index (χ4n) is 3.90. The fourth-order valence-corrected chi connectivity index (χ4v) is 6.00. The van der Waals surface area contributed by atoms with Crippen LogP contribution in [0.1, 0.15) is 25.1 Å². The number of halogens is 1. The summed E-state index contributed by atoms with van der Waals surface area (Å²) in [5.41, 5.74) is 3.61. The quantitative estimate of drug-likeness (QED) is 0.276. The Kier molecular flexibility index (Phi) is 6.64. The molecule has 0 fully saturated rings. The number of nitrogens with zero attached hydrogens (tertiary/aromatic N) is 1. The molecule has 160 valence electrons. The molecule has 4 aromatic rings. The van der Waals surface area contributed by atoms with Gasteiger partial charge in [0.25, 0.3) is 0 Å². The highest BCUT2D eigenvalue weighted by Gasteiger charge is 2.35. The molecular weight excluding hydrogens is 429 g/mol. The van der Waals surface area contributed by atoms with Crippen molar-refractivity contribution in [1.82, 2.24) is 4.57 Å². The molecule has 0 saturated heterocycles. The monoisotopic (exact) mass is 453 g/mol. The molecule has 1 heterocycles. The van der Waals surface area contributed by atoms with E-state index in [9.17, 15) is 4.57 Å². The Morgan fingerprint density at radius 2 is 1.39 bits per heavy atom. The molecule has 0 saturated carbocycles. The van der Waals surface area contributed by atoms with Crippen LogP contribution < -0.4 is 5.44 Å². The van der Waals surface area contributed by atoms with Gasteiger partial charge in [0, 0.05) is 33.6 Å². The van der Waals surface area contributed by atoms with Crippen molar-refractivity contribution in [2.45, 2.75) is 20.3 Å². The minimum atomic E-state index is -3.59. The number of fused-ring (bicyclic) bond motifs is 1. The van der Waals surface area contributed by atoms with Crippen molar-refractivity contribution in [3.8, 4) is 5.69 Å². The Hall–Kier alpha value is -2.36. The van der Waals surface area contributed by atoms with Crippen LogP contribution in [0.15, 0.2) is 78.9 Å². The van der Waals surface area contributed by atoms with Gasteiger partial charge in [-0.2, -0.15) is 0 Å². The summed E-state index contributed by atoms with van der Waals surface area (Å²) in [5.74, 6) is 0. The van der Waals surface area contributed by atoms with Crippen molar-refractivity contribution in [1.29, 1.82) is 0 Å². The van der Waals surface area contributed by atoms with Crippen LogP contribution in [0.4, 0.5) is 0 Å². The molecule has 0 atom stereocenters. The van der Waals surface area contributed by atoms with E-state index in [4.69, 9.17) is 20.6 Å². The Balaban J connectivity index is 2.07. The second kappa shape index (κ2) is 9.42. The summed E-state index contributed by atoms with van der Waals surface area (Å²) < 4.78 is 27.7. The average molecular weight is 454 g/mol. The van der Waals surface area contributed by atoms with E-state index in [1.165, 1.54) is 0 Å². The summed E-state index contributed by atoms with van der Waals surface area (Å²) in [5, 5.41) is 2.54. The van der Waals surface area contributed by atoms with Crippen molar-refractivity contribution in [3.05, 3.63) is 95.1 Å². The molecule has 0 bridgehead atoms. The lowest BCUT2D eigenvalue weighted by molar-refractivity contribution is 0.229. The Morgan fingerprint density at radius 1 is 0.806 bits per heavy atom. The maximum Gasteiger partial charge on any atom is 0.378 e. The molecule has 4 rings (SSSR count). The van der Waals surface area contributed by atoms with Crippen molar-refractivity contribution in [2.24, 2.45) is 0 Å². The molecule has 6 heteroatoms. The van der Waals surface area contributed by atoms with Gasteiger partial charge < -0.3 is 13.6 Å². The molecule has 0 unspecified atom stereocenters. The summed E-state index contributed by atoms with van der Waals surface area (Å²) in [6.07, 6.45) is 0.669. The molecule has 0 aliphatic rings. The first-order chi connectivity index (χ1) is 15.1. The lowest BCUT2D eigenvalue weighted by atomic mass is 10.1. The molecule has 0 radical (unpaired) electrons. The molecule has 0 N–H and O–H groups in total. The molecule has 0 aliphatic carbocycles. The first-order valence-electron chi connectivity index (χ1n) is 10.4. The van der Waals surface area contributed by atoms with Crippen LogP contribution in [0.2, 0.25) is 5.02 Å². The van der Waals surface area contributed by atoms with Crippen LogP contribution in [0.5, 0.6) is 0 Å². The molecule has 31 heavy (non-hydrogen) atoms. The van der Waals surface area contributed by atoms with Crippen LogP contribution in [0, 0.1) is 0 Å². The zero-order chi connectivity index (χ0) is 21.8. The predicted octanol–water partition coefficient (Wildman–Crippen LogP) is 6.77.